The molecule has 0 fully saturated rings. The van der Waals surface area contributed by atoms with Gasteiger partial charge in [-0.3, -0.25) is 0 Å². The fourth-order valence-electron chi connectivity index (χ4n) is 0.807. The molecule has 0 bridgehead atoms. The molecule has 11 heavy (non-hydrogen) atoms. The summed E-state index contributed by atoms with van der Waals surface area (Å²) in [6, 6.07) is 0.143. The van der Waals surface area contributed by atoms with E-state index >= 15 is 0 Å². The van der Waals surface area contributed by atoms with Gasteiger partial charge in [-0.1, -0.05) is 27.7 Å². The summed E-state index contributed by atoms with van der Waals surface area (Å²) in [5, 5.41) is 9.61. The highest BCUT2D eigenvalue weighted by Gasteiger charge is 2.23. The molecule has 2 atom stereocenters. The van der Waals surface area contributed by atoms with E-state index in [0.29, 0.717) is 6.42 Å². The number of hydrogen-bond acceptors (Lipinski definition) is 2. The zero-order valence-corrected chi connectivity index (χ0v) is 8.09. The van der Waals surface area contributed by atoms with Crippen LogP contribution in [0.1, 0.15) is 40.5 Å². The fourth-order valence-corrected chi connectivity index (χ4v) is 0.807. The van der Waals surface area contributed by atoms with Crippen molar-refractivity contribution in [1.82, 2.24) is 0 Å². The van der Waals surface area contributed by atoms with Gasteiger partial charge in [-0.25, -0.2) is 0 Å². The number of hydrogen-bond donors (Lipinski definition) is 2. The Hall–Kier alpha value is -0.0800. The Kier molecular flexibility index (Phi) is 4.04. The van der Waals surface area contributed by atoms with Crippen molar-refractivity contribution in [2.24, 2.45) is 11.1 Å². The summed E-state index contributed by atoms with van der Waals surface area (Å²) in [6.07, 6.45) is 1.37. The normalized spacial score (nSPS) is 18.0. The van der Waals surface area contributed by atoms with E-state index in [1.807, 2.05) is 27.7 Å². The van der Waals surface area contributed by atoms with E-state index in [9.17, 15) is 5.11 Å². The van der Waals surface area contributed by atoms with Crippen LogP contribution in [0.5, 0.6) is 0 Å². The lowest BCUT2D eigenvalue weighted by Gasteiger charge is -2.27. The Morgan fingerprint density at radius 2 is 1.82 bits per heavy atom. The molecule has 0 aliphatic carbocycles. The van der Waals surface area contributed by atoms with Crippen molar-refractivity contribution in [2.75, 3.05) is 0 Å². The molecule has 0 aromatic heterocycles. The monoisotopic (exact) mass is 159 g/mol. The molecule has 2 nitrogen and oxygen atoms in total. The lowest BCUT2D eigenvalue weighted by atomic mass is 9.85. The molecule has 0 saturated heterocycles. The SMILES string of the molecule is CCC(N)CC(O)C(C)(C)C. The molecule has 2 heteroatoms. The zero-order chi connectivity index (χ0) is 9.07. The van der Waals surface area contributed by atoms with Crippen LogP contribution in [-0.2, 0) is 0 Å². The second-order valence-corrected chi connectivity index (χ2v) is 4.29. The van der Waals surface area contributed by atoms with Gasteiger partial charge in [0.15, 0.2) is 0 Å². The summed E-state index contributed by atoms with van der Waals surface area (Å²) in [4.78, 5) is 0. The second-order valence-electron chi connectivity index (χ2n) is 4.29. The van der Waals surface area contributed by atoms with E-state index in [0.717, 1.165) is 6.42 Å². The van der Waals surface area contributed by atoms with Crippen LogP contribution in [0.4, 0.5) is 0 Å². The third-order valence-electron chi connectivity index (χ3n) is 2.05. The molecule has 0 aromatic carbocycles. The predicted molar refractivity (Wildman–Crippen MR) is 48.3 cm³/mol. The first kappa shape index (κ1) is 10.9. The van der Waals surface area contributed by atoms with Crippen LogP contribution < -0.4 is 5.73 Å². The standard InChI is InChI=1S/C9H21NO/c1-5-7(10)6-8(11)9(2,3)4/h7-8,11H,5-6,10H2,1-4H3. The quantitative estimate of drug-likeness (QED) is 0.656. The number of rotatable bonds is 3. The first-order chi connectivity index (χ1) is 4.88. The maximum absolute atomic E-state index is 9.61. The van der Waals surface area contributed by atoms with Crippen molar-refractivity contribution in [3.05, 3.63) is 0 Å². The van der Waals surface area contributed by atoms with Gasteiger partial charge in [0.05, 0.1) is 6.10 Å². The minimum atomic E-state index is -0.280. The van der Waals surface area contributed by atoms with Gasteiger partial charge in [0, 0.05) is 6.04 Å². The van der Waals surface area contributed by atoms with Crippen LogP contribution in [-0.4, -0.2) is 17.3 Å². The van der Waals surface area contributed by atoms with Crippen LogP contribution >= 0.6 is 0 Å². The molecule has 0 aromatic rings. The summed E-state index contributed by atoms with van der Waals surface area (Å²) < 4.78 is 0. The minimum absolute atomic E-state index is 0.0349. The third-order valence-corrected chi connectivity index (χ3v) is 2.05. The van der Waals surface area contributed by atoms with E-state index in [4.69, 9.17) is 5.73 Å². The van der Waals surface area contributed by atoms with Crippen molar-refractivity contribution in [1.29, 1.82) is 0 Å². The number of aliphatic hydroxyl groups is 1. The lowest BCUT2D eigenvalue weighted by molar-refractivity contribution is 0.0495. The van der Waals surface area contributed by atoms with E-state index in [2.05, 4.69) is 0 Å². The van der Waals surface area contributed by atoms with E-state index in [-0.39, 0.29) is 17.6 Å². The average Bonchev–Trinajstić information content (AvgIpc) is 1.85. The molecule has 2 unspecified atom stereocenters. The first-order valence-electron chi connectivity index (χ1n) is 4.31. The van der Waals surface area contributed by atoms with Crippen molar-refractivity contribution < 1.29 is 5.11 Å². The topological polar surface area (TPSA) is 46.2 Å². The molecule has 3 N–H and O–H groups in total. The summed E-state index contributed by atoms with van der Waals surface area (Å²) in [6.45, 7) is 8.13. The Balaban J connectivity index is 3.77. The van der Waals surface area contributed by atoms with Gasteiger partial charge >= 0.3 is 0 Å². The van der Waals surface area contributed by atoms with Gasteiger partial charge in [0.2, 0.25) is 0 Å². The van der Waals surface area contributed by atoms with Gasteiger partial charge in [-0.2, -0.15) is 0 Å². The predicted octanol–water partition coefficient (Wildman–Crippen LogP) is 1.52. The Labute approximate surface area is 69.8 Å². The van der Waals surface area contributed by atoms with Crippen molar-refractivity contribution >= 4 is 0 Å². The maximum Gasteiger partial charge on any atom is 0.0603 e. The lowest BCUT2D eigenvalue weighted by Crippen LogP contribution is -2.33. The molecule has 68 valence electrons. The summed E-state index contributed by atoms with van der Waals surface area (Å²) in [5.74, 6) is 0. The van der Waals surface area contributed by atoms with E-state index < -0.39 is 0 Å². The van der Waals surface area contributed by atoms with Crippen molar-refractivity contribution in [3.8, 4) is 0 Å². The zero-order valence-electron chi connectivity index (χ0n) is 8.09. The van der Waals surface area contributed by atoms with Gasteiger partial charge in [-0.05, 0) is 18.3 Å². The van der Waals surface area contributed by atoms with Crippen LogP contribution in [0.25, 0.3) is 0 Å². The number of nitrogens with two attached hydrogens (primary N) is 1. The smallest absolute Gasteiger partial charge is 0.0603 e. The highest BCUT2D eigenvalue weighted by atomic mass is 16.3. The molecule has 0 saturated carbocycles. The fraction of sp³-hybridized carbons (Fsp3) is 1.00. The van der Waals surface area contributed by atoms with Gasteiger partial charge < -0.3 is 10.8 Å². The molecule has 0 radical (unpaired) electrons. The molecular weight excluding hydrogens is 138 g/mol. The van der Waals surface area contributed by atoms with Crippen molar-refractivity contribution in [2.45, 2.75) is 52.7 Å². The average molecular weight is 159 g/mol. The molecule has 0 aliphatic rings. The van der Waals surface area contributed by atoms with Gasteiger partial charge in [0.25, 0.3) is 0 Å². The highest BCUT2D eigenvalue weighted by Crippen LogP contribution is 2.22. The van der Waals surface area contributed by atoms with Gasteiger partial charge in [0.1, 0.15) is 0 Å². The first-order valence-corrected chi connectivity index (χ1v) is 4.31. The molecule has 0 amide bonds. The summed E-state index contributed by atoms with van der Waals surface area (Å²) >= 11 is 0. The Bertz CT molecular complexity index is 107. The number of aliphatic hydroxyl groups excluding tert-OH is 1. The summed E-state index contributed by atoms with van der Waals surface area (Å²) in [5.41, 5.74) is 5.68. The third kappa shape index (κ3) is 4.38. The van der Waals surface area contributed by atoms with Crippen LogP contribution in [0, 0.1) is 5.41 Å². The van der Waals surface area contributed by atoms with E-state index in [1.54, 1.807) is 0 Å². The van der Waals surface area contributed by atoms with Crippen LogP contribution in [0.3, 0.4) is 0 Å². The molecule has 0 rings (SSSR count). The second kappa shape index (κ2) is 4.07. The van der Waals surface area contributed by atoms with Crippen molar-refractivity contribution in [3.63, 3.8) is 0 Å². The largest absolute Gasteiger partial charge is 0.393 e. The van der Waals surface area contributed by atoms with Crippen LogP contribution in [0.2, 0.25) is 0 Å². The molecular formula is C9H21NO. The van der Waals surface area contributed by atoms with Gasteiger partial charge in [-0.15, -0.1) is 0 Å². The van der Waals surface area contributed by atoms with Crippen LogP contribution in [0.15, 0.2) is 0 Å². The summed E-state index contributed by atoms with van der Waals surface area (Å²) in [7, 11) is 0. The highest BCUT2D eigenvalue weighted by molar-refractivity contribution is 4.76. The molecule has 0 heterocycles. The Morgan fingerprint density at radius 1 is 1.36 bits per heavy atom. The Morgan fingerprint density at radius 3 is 2.09 bits per heavy atom. The molecule has 0 spiro atoms. The molecule has 0 aliphatic heterocycles. The van der Waals surface area contributed by atoms with E-state index in [1.165, 1.54) is 0 Å². The maximum atomic E-state index is 9.61. The minimum Gasteiger partial charge on any atom is -0.393 e.